The highest BCUT2D eigenvalue weighted by atomic mass is 16.5. The lowest BCUT2D eigenvalue weighted by molar-refractivity contribution is -0.148. The largest absolute Gasteiger partial charge is 0.455 e. The molecule has 0 heterocycles. The maximum atomic E-state index is 11.6. The fourth-order valence-corrected chi connectivity index (χ4v) is 1.53. The third-order valence-corrected chi connectivity index (χ3v) is 3.05. The number of nitrogens with one attached hydrogen (secondary N) is 1. The number of carbonyl (C=O) groups excluding carboxylic acids is 2. The zero-order valence-electron chi connectivity index (χ0n) is 12.2. The first-order valence-corrected chi connectivity index (χ1v) is 6.68. The summed E-state index contributed by atoms with van der Waals surface area (Å²) in [5.41, 5.74) is 6.99. The molecule has 5 heteroatoms. The zero-order chi connectivity index (χ0) is 15.1. The van der Waals surface area contributed by atoms with Crippen LogP contribution in [0, 0.1) is 5.92 Å². The summed E-state index contributed by atoms with van der Waals surface area (Å²) in [6.45, 7) is 5.68. The number of rotatable bonds is 6. The van der Waals surface area contributed by atoms with Gasteiger partial charge in [-0.05, 0) is 30.5 Å². The van der Waals surface area contributed by atoms with Crippen LogP contribution in [0.15, 0.2) is 24.3 Å². The monoisotopic (exact) mass is 278 g/mol. The second-order valence-corrected chi connectivity index (χ2v) is 5.18. The van der Waals surface area contributed by atoms with Gasteiger partial charge in [-0.3, -0.25) is 9.59 Å². The van der Waals surface area contributed by atoms with Crippen LogP contribution >= 0.6 is 0 Å². The molecule has 0 aromatic heterocycles. The number of benzene rings is 1. The summed E-state index contributed by atoms with van der Waals surface area (Å²) in [4.78, 5) is 23.2. The van der Waals surface area contributed by atoms with Crippen LogP contribution in [0.3, 0.4) is 0 Å². The average Bonchev–Trinajstić information content (AvgIpc) is 2.36. The van der Waals surface area contributed by atoms with E-state index in [0.717, 1.165) is 5.56 Å². The Bertz CT molecular complexity index is 472. The number of hydrogen-bond donors (Lipinski definition) is 2. The van der Waals surface area contributed by atoms with Crippen molar-refractivity contribution in [2.24, 2.45) is 5.92 Å². The van der Waals surface area contributed by atoms with Gasteiger partial charge in [-0.15, -0.1) is 0 Å². The van der Waals surface area contributed by atoms with Gasteiger partial charge in [0.15, 0.2) is 6.61 Å². The Morgan fingerprint density at radius 2 is 2.00 bits per heavy atom. The molecule has 20 heavy (non-hydrogen) atoms. The molecule has 5 nitrogen and oxygen atoms in total. The molecular formula is C15H22N2O3. The van der Waals surface area contributed by atoms with Crippen molar-refractivity contribution in [3.63, 3.8) is 0 Å². The standard InChI is InChI=1S/C15H22N2O3/c1-10(2)11(3)17-14(18)9-20-15(19)8-12-5-4-6-13(16)7-12/h4-7,10-11H,8-9,16H2,1-3H3,(H,17,18). The summed E-state index contributed by atoms with van der Waals surface area (Å²) in [6.07, 6.45) is 0.109. The summed E-state index contributed by atoms with van der Waals surface area (Å²) in [6, 6.07) is 7.07. The van der Waals surface area contributed by atoms with Crippen LogP contribution in [0.1, 0.15) is 26.3 Å². The van der Waals surface area contributed by atoms with Crippen molar-refractivity contribution in [3.05, 3.63) is 29.8 Å². The van der Waals surface area contributed by atoms with E-state index in [1.165, 1.54) is 0 Å². The van der Waals surface area contributed by atoms with E-state index in [1.54, 1.807) is 24.3 Å². The highest BCUT2D eigenvalue weighted by Crippen LogP contribution is 2.07. The molecule has 0 bridgehead atoms. The van der Waals surface area contributed by atoms with Gasteiger partial charge in [-0.2, -0.15) is 0 Å². The zero-order valence-corrected chi connectivity index (χ0v) is 12.2. The van der Waals surface area contributed by atoms with Crippen LogP contribution in [0.4, 0.5) is 5.69 Å². The minimum absolute atomic E-state index is 0.0510. The van der Waals surface area contributed by atoms with Crippen LogP contribution in [-0.2, 0) is 20.7 Å². The maximum absolute atomic E-state index is 11.6. The summed E-state index contributed by atoms with van der Waals surface area (Å²) in [5.74, 6) is -0.392. The fourth-order valence-electron chi connectivity index (χ4n) is 1.53. The van der Waals surface area contributed by atoms with Crippen molar-refractivity contribution >= 4 is 17.6 Å². The minimum Gasteiger partial charge on any atom is -0.455 e. The molecule has 0 aliphatic rings. The molecule has 0 saturated heterocycles. The van der Waals surface area contributed by atoms with Crippen molar-refractivity contribution in [1.29, 1.82) is 0 Å². The predicted octanol–water partition coefficient (Wildman–Crippen LogP) is 1.52. The van der Waals surface area contributed by atoms with E-state index in [0.29, 0.717) is 11.6 Å². The number of hydrogen-bond acceptors (Lipinski definition) is 4. The van der Waals surface area contributed by atoms with E-state index in [2.05, 4.69) is 5.32 Å². The number of nitrogen functional groups attached to an aromatic ring is 1. The van der Waals surface area contributed by atoms with E-state index < -0.39 is 5.97 Å². The topological polar surface area (TPSA) is 81.4 Å². The third-order valence-electron chi connectivity index (χ3n) is 3.05. The molecular weight excluding hydrogens is 256 g/mol. The molecule has 0 fully saturated rings. The van der Waals surface area contributed by atoms with Gasteiger partial charge in [-0.25, -0.2) is 0 Å². The smallest absolute Gasteiger partial charge is 0.310 e. The first kappa shape index (κ1) is 16.0. The Hall–Kier alpha value is -2.04. The Labute approximate surface area is 119 Å². The van der Waals surface area contributed by atoms with Gasteiger partial charge in [0.2, 0.25) is 0 Å². The van der Waals surface area contributed by atoms with E-state index in [9.17, 15) is 9.59 Å². The normalized spacial score (nSPS) is 12.0. The van der Waals surface area contributed by atoms with Crippen molar-refractivity contribution < 1.29 is 14.3 Å². The lowest BCUT2D eigenvalue weighted by Crippen LogP contribution is -2.38. The average molecular weight is 278 g/mol. The molecule has 1 aromatic carbocycles. The first-order valence-electron chi connectivity index (χ1n) is 6.68. The molecule has 1 aromatic rings. The number of carbonyl (C=O) groups is 2. The van der Waals surface area contributed by atoms with E-state index in [1.807, 2.05) is 20.8 Å². The van der Waals surface area contributed by atoms with Gasteiger partial charge < -0.3 is 15.8 Å². The number of esters is 1. The van der Waals surface area contributed by atoms with Crippen LogP contribution in [0.5, 0.6) is 0 Å². The lowest BCUT2D eigenvalue weighted by Gasteiger charge is -2.17. The van der Waals surface area contributed by atoms with Crippen molar-refractivity contribution in [2.45, 2.75) is 33.2 Å². The van der Waals surface area contributed by atoms with Crippen molar-refractivity contribution in [1.82, 2.24) is 5.32 Å². The molecule has 1 rings (SSSR count). The van der Waals surface area contributed by atoms with Gasteiger partial charge in [0.1, 0.15) is 0 Å². The van der Waals surface area contributed by atoms with Crippen LogP contribution < -0.4 is 11.1 Å². The highest BCUT2D eigenvalue weighted by molar-refractivity contribution is 5.81. The Kier molecular flexibility index (Phi) is 6.03. The Morgan fingerprint density at radius 3 is 2.60 bits per heavy atom. The molecule has 0 aliphatic heterocycles. The third kappa shape index (κ3) is 5.73. The molecule has 0 saturated carbocycles. The Balaban J connectivity index is 2.35. The van der Waals surface area contributed by atoms with Crippen LogP contribution in [0.25, 0.3) is 0 Å². The summed E-state index contributed by atoms with van der Waals surface area (Å²) < 4.78 is 4.94. The second-order valence-electron chi connectivity index (χ2n) is 5.18. The number of anilines is 1. The van der Waals surface area contributed by atoms with Gasteiger partial charge >= 0.3 is 5.97 Å². The molecule has 0 spiro atoms. The highest BCUT2D eigenvalue weighted by Gasteiger charge is 2.13. The van der Waals surface area contributed by atoms with Crippen molar-refractivity contribution in [2.75, 3.05) is 12.3 Å². The van der Waals surface area contributed by atoms with Gasteiger partial charge in [0.25, 0.3) is 5.91 Å². The summed E-state index contributed by atoms with van der Waals surface area (Å²) in [7, 11) is 0. The molecule has 1 amide bonds. The first-order chi connectivity index (χ1) is 9.38. The SMILES string of the molecule is CC(C)C(C)NC(=O)COC(=O)Cc1cccc(N)c1. The molecule has 1 atom stereocenters. The molecule has 3 N–H and O–H groups in total. The number of ether oxygens (including phenoxy) is 1. The van der Waals surface area contributed by atoms with Gasteiger partial charge in [0, 0.05) is 11.7 Å². The lowest BCUT2D eigenvalue weighted by atomic mass is 10.1. The van der Waals surface area contributed by atoms with Crippen LogP contribution in [-0.4, -0.2) is 24.5 Å². The summed E-state index contributed by atoms with van der Waals surface area (Å²) in [5, 5.41) is 2.77. The van der Waals surface area contributed by atoms with Crippen LogP contribution in [0.2, 0.25) is 0 Å². The van der Waals surface area contributed by atoms with Gasteiger partial charge in [0.05, 0.1) is 6.42 Å². The molecule has 0 aliphatic carbocycles. The van der Waals surface area contributed by atoms with E-state index in [-0.39, 0.29) is 25.0 Å². The maximum Gasteiger partial charge on any atom is 0.310 e. The van der Waals surface area contributed by atoms with Crippen molar-refractivity contribution in [3.8, 4) is 0 Å². The van der Waals surface area contributed by atoms with E-state index in [4.69, 9.17) is 10.5 Å². The predicted molar refractivity (Wildman–Crippen MR) is 78.0 cm³/mol. The number of amides is 1. The minimum atomic E-state index is -0.442. The number of nitrogens with two attached hydrogens (primary N) is 1. The fraction of sp³-hybridized carbons (Fsp3) is 0.467. The van der Waals surface area contributed by atoms with Gasteiger partial charge in [-0.1, -0.05) is 26.0 Å². The summed E-state index contributed by atoms with van der Waals surface area (Å²) >= 11 is 0. The Morgan fingerprint density at radius 1 is 1.30 bits per heavy atom. The van der Waals surface area contributed by atoms with E-state index >= 15 is 0 Å². The molecule has 1 unspecified atom stereocenters. The molecule has 110 valence electrons. The molecule has 0 radical (unpaired) electrons. The quantitative estimate of drug-likeness (QED) is 0.610. The second kappa shape index (κ2) is 7.53.